The SMILES string of the molecule is CC(C)(C)c1ccc(OCC2CCN(C(=O)C3CCC(=O)NC3)C2)nn1. The molecule has 0 bridgehead atoms. The van der Waals surface area contributed by atoms with Gasteiger partial charge in [-0.2, -0.15) is 5.10 Å². The zero-order valence-corrected chi connectivity index (χ0v) is 15.8. The number of carbonyl (C=O) groups excluding carboxylic acids is 2. The fraction of sp³-hybridized carbons (Fsp3) is 0.684. The average molecular weight is 360 g/mol. The number of likely N-dealkylation sites (tertiary alicyclic amines) is 1. The fourth-order valence-electron chi connectivity index (χ4n) is 3.37. The molecule has 0 radical (unpaired) electrons. The normalized spacial score (nSPS) is 23.7. The van der Waals surface area contributed by atoms with Crippen LogP contribution in [0.25, 0.3) is 0 Å². The van der Waals surface area contributed by atoms with Gasteiger partial charge in [0, 0.05) is 43.5 Å². The van der Waals surface area contributed by atoms with Crippen molar-refractivity contribution >= 4 is 11.8 Å². The Balaban J connectivity index is 1.46. The van der Waals surface area contributed by atoms with Crippen molar-refractivity contribution < 1.29 is 14.3 Å². The largest absolute Gasteiger partial charge is 0.476 e. The predicted octanol–water partition coefficient (Wildman–Crippen LogP) is 1.53. The fourth-order valence-corrected chi connectivity index (χ4v) is 3.37. The number of hydrogen-bond acceptors (Lipinski definition) is 5. The summed E-state index contributed by atoms with van der Waals surface area (Å²) in [6.45, 7) is 8.75. The van der Waals surface area contributed by atoms with E-state index in [0.717, 1.165) is 18.7 Å². The molecule has 1 N–H and O–H groups in total. The molecular weight excluding hydrogens is 332 g/mol. The van der Waals surface area contributed by atoms with Gasteiger partial charge in [0.1, 0.15) is 0 Å². The second-order valence-electron chi connectivity index (χ2n) is 8.30. The summed E-state index contributed by atoms with van der Waals surface area (Å²) in [5.41, 5.74) is 0.901. The molecular formula is C19H28N4O3. The maximum Gasteiger partial charge on any atom is 0.233 e. The van der Waals surface area contributed by atoms with Crippen molar-refractivity contribution in [3.63, 3.8) is 0 Å². The molecule has 7 heteroatoms. The van der Waals surface area contributed by atoms with Crippen LogP contribution in [-0.4, -0.2) is 53.2 Å². The third kappa shape index (κ3) is 4.51. The van der Waals surface area contributed by atoms with Gasteiger partial charge in [0.2, 0.25) is 17.7 Å². The number of aromatic nitrogens is 2. The smallest absolute Gasteiger partial charge is 0.233 e. The number of rotatable bonds is 4. The summed E-state index contributed by atoms with van der Waals surface area (Å²) in [5, 5.41) is 11.2. The molecule has 7 nitrogen and oxygen atoms in total. The van der Waals surface area contributed by atoms with Crippen LogP contribution in [0.5, 0.6) is 5.88 Å². The molecule has 3 heterocycles. The van der Waals surface area contributed by atoms with Gasteiger partial charge in [0.15, 0.2) is 0 Å². The minimum atomic E-state index is -0.0804. The lowest BCUT2D eigenvalue weighted by Gasteiger charge is -2.26. The predicted molar refractivity (Wildman–Crippen MR) is 96.6 cm³/mol. The quantitative estimate of drug-likeness (QED) is 0.880. The Kier molecular flexibility index (Phi) is 5.44. The Morgan fingerprint density at radius 1 is 1.31 bits per heavy atom. The highest BCUT2D eigenvalue weighted by Gasteiger charge is 2.33. The van der Waals surface area contributed by atoms with Crippen molar-refractivity contribution in [1.29, 1.82) is 0 Å². The minimum Gasteiger partial charge on any atom is -0.476 e. The minimum absolute atomic E-state index is 0.0313. The molecule has 1 aromatic heterocycles. The van der Waals surface area contributed by atoms with Gasteiger partial charge in [0.25, 0.3) is 0 Å². The van der Waals surface area contributed by atoms with E-state index in [1.807, 2.05) is 17.0 Å². The van der Waals surface area contributed by atoms with Gasteiger partial charge < -0.3 is 15.0 Å². The first-order valence-electron chi connectivity index (χ1n) is 9.35. The second kappa shape index (κ2) is 7.60. The topological polar surface area (TPSA) is 84.4 Å². The first kappa shape index (κ1) is 18.6. The van der Waals surface area contributed by atoms with Gasteiger partial charge in [-0.1, -0.05) is 20.8 Å². The van der Waals surface area contributed by atoms with E-state index in [0.29, 0.717) is 44.3 Å². The number of nitrogens with one attached hydrogen (secondary N) is 1. The zero-order chi connectivity index (χ0) is 18.7. The molecule has 142 valence electrons. The van der Waals surface area contributed by atoms with E-state index >= 15 is 0 Å². The lowest BCUT2D eigenvalue weighted by molar-refractivity contribution is -0.136. The molecule has 0 spiro atoms. The average Bonchev–Trinajstić information content (AvgIpc) is 3.08. The number of carbonyl (C=O) groups is 2. The van der Waals surface area contributed by atoms with Crippen molar-refractivity contribution in [1.82, 2.24) is 20.4 Å². The van der Waals surface area contributed by atoms with Crippen molar-refractivity contribution in [3.05, 3.63) is 17.8 Å². The third-order valence-corrected chi connectivity index (χ3v) is 5.09. The second-order valence-corrected chi connectivity index (χ2v) is 8.30. The molecule has 26 heavy (non-hydrogen) atoms. The lowest BCUT2D eigenvalue weighted by atomic mass is 9.92. The number of amides is 2. The number of ether oxygens (including phenoxy) is 1. The van der Waals surface area contributed by atoms with E-state index in [4.69, 9.17) is 4.74 Å². The van der Waals surface area contributed by atoms with Crippen molar-refractivity contribution in [2.24, 2.45) is 11.8 Å². The molecule has 2 saturated heterocycles. The van der Waals surface area contributed by atoms with Crippen molar-refractivity contribution in [2.75, 3.05) is 26.2 Å². The first-order valence-corrected chi connectivity index (χ1v) is 9.35. The van der Waals surface area contributed by atoms with E-state index in [1.165, 1.54) is 0 Å². The van der Waals surface area contributed by atoms with Crippen LogP contribution in [0.4, 0.5) is 0 Å². The van der Waals surface area contributed by atoms with E-state index in [-0.39, 0.29) is 23.1 Å². The van der Waals surface area contributed by atoms with Gasteiger partial charge in [-0.25, -0.2) is 0 Å². The molecule has 2 fully saturated rings. The Morgan fingerprint density at radius 2 is 2.12 bits per heavy atom. The van der Waals surface area contributed by atoms with Crippen LogP contribution in [0.15, 0.2) is 12.1 Å². The molecule has 0 saturated carbocycles. The van der Waals surface area contributed by atoms with Gasteiger partial charge >= 0.3 is 0 Å². The molecule has 0 aromatic carbocycles. The van der Waals surface area contributed by atoms with E-state index in [2.05, 4.69) is 36.3 Å². The summed E-state index contributed by atoms with van der Waals surface area (Å²) in [6.07, 6.45) is 2.02. The van der Waals surface area contributed by atoms with E-state index in [9.17, 15) is 9.59 Å². The summed E-state index contributed by atoms with van der Waals surface area (Å²) in [6, 6.07) is 3.81. The highest BCUT2D eigenvalue weighted by molar-refractivity contribution is 5.83. The lowest BCUT2D eigenvalue weighted by Crippen LogP contribution is -2.44. The van der Waals surface area contributed by atoms with Crippen LogP contribution in [0.3, 0.4) is 0 Å². The Labute approximate surface area is 154 Å². The monoisotopic (exact) mass is 360 g/mol. The summed E-state index contributed by atoms with van der Waals surface area (Å²) in [7, 11) is 0. The molecule has 2 amide bonds. The third-order valence-electron chi connectivity index (χ3n) is 5.09. The molecule has 2 aliphatic rings. The first-order chi connectivity index (χ1) is 12.3. The molecule has 3 rings (SSSR count). The van der Waals surface area contributed by atoms with Crippen molar-refractivity contribution in [3.8, 4) is 5.88 Å². The molecule has 2 aliphatic heterocycles. The Bertz CT molecular complexity index is 644. The molecule has 2 unspecified atom stereocenters. The van der Waals surface area contributed by atoms with Crippen LogP contribution in [0, 0.1) is 11.8 Å². The summed E-state index contributed by atoms with van der Waals surface area (Å²) < 4.78 is 5.78. The molecule has 0 aliphatic carbocycles. The van der Waals surface area contributed by atoms with Gasteiger partial charge in [-0.3, -0.25) is 9.59 Å². The summed E-state index contributed by atoms with van der Waals surface area (Å²) in [5.74, 6) is 0.948. The molecule has 1 aromatic rings. The summed E-state index contributed by atoms with van der Waals surface area (Å²) in [4.78, 5) is 25.7. The van der Waals surface area contributed by atoms with E-state index in [1.54, 1.807) is 0 Å². The van der Waals surface area contributed by atoms with Crippen LogP contribution < -0.4 is 10.1 Å². The Hall–Kier alpha value is -2.18. The van der Waals surface area contributed by atoms with Crippen LogP contribution in [0.1, 0.15) is 45.7 Å². The number of hydrogen-bond donors (Lipinski definition) is 1. The van der Waals surface area contributed by atoms with Crippen LogP contribution in [-0.2, 0) is 15.0 Å². The van der Waals surface area contributed by atoms with E-state index < -0.39 is 0 Å². The highest BCUT2D eigenvalue weighted by atomic mass is 16.5. The Morgan fingerprint density at radius 3 is 2.73 bits per heavy atom. The van der Waals surface area contributed by atoms with Gasteiger partial charge in [0.05, 0.1) is 18.2 Å². The highest BCUT2D eigenvalue weighted by Crippen LogP contribution is 2.23. The summed E-state index contributed by atoms with van der Waals surface area (Å²) >= 11 is 0. The number of nitrogens with zero attached hydrogens (tertiary/aromatic N) is 3. The van der Waals surface area contributed by atoms with Crippen LogP contribution >= 0.6 is 0 Å². The molecule has 2 atom stereocenters. The maximum absolute atomic E-state index is 12.6. The van der Waals surface area contributed by atoms with Crippen LogP contribution in [0.2, 0.25) is 0 Å². The zero-order valence-electron chi connectivity index (χ0n) is 15.8. The standard InChI is InChI=1S/C19H28N4O3/c1-19(2,3)15-5-7-17(22-21-15)26-12-13-8-9-23(11-13)18(25)14-4-6-16(24)20-10-14/h5,7,13-14H,4,6,8-12H2,1-3H3,(H,20,24). The van der Waals surface area contributed by atoms with Gasteiger partial charge in [-0.05, 0) is 18.9 Å². The number of piperidine rings is 1. The maximum atomic E-state index is 12.6. The van der Waals surface area contributed by atoms with Gasteiger partial charge in [-0.15, -0.1) is 5.10 Å². The van der Waals surface area contributed by atoms with Crippen molar-refractivity contribution in [2.45, 2.75) is 45.4 Å².